The lowest BCUT2D eigenvalue weighted by Crippen LogP contribution is -2.05. The topological polar surface area (TPSA) is 43.2 Å². The van der Waals surface area contributed by atoms with Crippen molar-refractivity contribution in [1.29, 1.82) is 0 Å². The summed E-state index contributed by atoms with van der Waals surface area (Å²) in [4.78, 5) is 0. The average Bonchev–Trinajstić information content (AvgIpc) is 2.53. The zero-order valence-corrected chi connectivity index (χ0v) is 14.6. The molecular weight excluding hydrogens is 300 g/mol. The second-order valence-corrected chi connectivity index (χ2v) is 5.96. The third kappa shape index (κ3) is 6.24. The Morgan fingerprint density at radius 2 is 0.958 bits per heavy atom. The van der Waals surface area contributed by atoms with Gasteiger partial charge in [0, 0.05) is 0 Å². The summed E-state index contributed by atoms with van der Waals surface area (Å²) in [6.45, 7) is 8.02. The molecule has 0 aromatic heterocycles. The van der Waals surface area contributed by atoms with Crippen LogP contribution < -0.4 is 9.47 Å². The van der Waals surface area contributed by atoms with E-state index in [1.807, 2.05) is 76.2 Å². The minimum atomic E-state index is 0.173. The smallest absolute Gasteiger partial charge is 0.119 e. The molecule has 0 unspecified atom stereocenters. The molecule has 0 spiro atoms. The fourth-order valence-electron chi connectivity index (χ4n) is 2.01. The molecule has 0 aliphatic heterocycles. The van der Waals surface area contributed by atoms with Gasteiger partial charge in [0.2, 0.25) is 0 Å². The zero-order valence-electron chi connectivity index (χ0n) is 14.6. The number of rotatable bonds is 7. The molecule has 0 aliphatic carbocycles. The molecule has 24 heavy (non-hydrogen) atoms. The zero-order chi connectivity index (χ0) is 17.4. The minimum Gasteiger partial charge on any atom is -0.491 e. The van der Waals surface area contributed by atoms with Crippen LogP contribution in [0.3, 0.4) is 0 Å². The van der Waals surface area contributed by atoms with E-state index >= 15 is 0 Å². The maximum atomic E-state index is 5.60. The summed E-state index contributed by atoms with van der Waals surface area (Å²) < 4.78 is 11.2. The number of hydrogen-bond donors (Lipinski definition) is 0. The van der Waals surface area contributed by atoms with Crippen LogP contribution in [0.5, 0.6) is 11.5 Å². The highest BCUT2D eigenvalue weighted by molar-refractivity contribution is 5.82. The second kappa shape index (κ2) is 8.87. The van der Waals surface area contributed by atoms with Crippen molar-refractivity contribution in [1.82, 2.24) is 0 Å². The lowest BCUT2D eigenvalue weighted by Gasteiger charge is -2.09. The summed E-state index contributed by atoms with van der Waals surface area (Å²) in [5.74, 6) is 1.71. The Labute approximate surface area is 143 Å². The van der Waals surface area contributed by atoms with E-state index in [-0.39, 0.29) is 12.2 Å². The van der Waals surface area contributed by atoms with Crippen molar-refractivity contribution in [3.05, 3.63) is 59.7 Å². The first-order valence-electron chi connectivity index (χ1n) is 8.13. The molecule has 4 nitrogen and oxygen atoms in total. The second-order valence-electron chi connectivity index (χ2n) is 5.96. The molecule has 0 atom stereocenters. The molecule has 0 amide bonds. The van der Waals surface area contributed by atoms with E-state index in [4.69, 9.17) is 9.47 Å². The molecule has 4 heteroatoms. The van der Waals surface area contributed by atoms with Gasteiger partial charge in [0.25, 0.3) is 0 Å². The van der Waals surface area contributed by atoms with Gasteiger partial charge >= 0.3 is 0 Å². The van der Waals surface area contributed by atoms with E-state index in [2.05, 4.69) is 10.2 Å². The SMILES string of the molecule is CC(C)Oc1ccc(/C=N\N=C/c2ccc(OC(C)C)cc2)cc1. The first-order chi connectivity index (χ1) is 11.5. The van der Waals surface area contributed by atoms with Gasteiger partial charge in [-0.1, -0.05) is 0 Å². The van der Waals surface area contributed by atoms with Crippen LogP contribution in [-0.4, -0.2) is 24.6 Å². The third-order valence-corrected chi connectivity index (χ3v) is 2.98. The van der Waals surface area contributed by atoms with Crippen molar-refractivity contribution in [2.75, 3.05) is 0 Å². The highest BCUT2D eigenvalue weighted by Gasteiger charge is 1.97. The Bertz CT molecular complexity index is 610. The maximum absolute atomic E-state index is 5.60. The minimum absolute atomic E-state index is 0.173. The van der Waals surface area contributed by atoms with Crippen molar-refractivity contribution in [2.45, 2.75) is 39.9 Å². The Hall–Kier alpha value is -2.62. The Kier molecular flexibility index (Phi) is 6.55. The van der Waals surface area contributed by atoms with Crippen molar-refractivity contribution in [3.63, 3.8) is 0 Å². The predicted octanol–water partition coefficient (Wildman–Crippen LogP) is 4.71. The van der Waals surface area contributed by atoms with Crippen molar-refractivity contribution >= 4 is 12.4 Å². The molecule has 0 radical (unpaired) electrons. The molecular formula is C20H24N2O2. The Morgan fingerprint density at radius 1 is 0.625 bits per heavy atom. The summed E-state index contributed by atoms with van der Waals surface area (Å²) in [5, 5.41) is 8.14. The normalized spacial score (nSPS) is 11.8. The van der Waals surface area contributed by atoms with E-state index in [9.17, 15) is 0 Å². The van der Waals surface area contributed by atoms with E-state index in [1.54, 1.807) is 12.4 Å². The van der Waals surface area contributed by atoms with Crippen LogP contribution >= 0.6 is 0 Å². The summed E-state index contributed by atoms with van der Waals surface area (Å²) in [6, 6.07) is 15.5. The Morgan fingerprint density at radius 3 is 1.25 bits per heavy atom. The monoisotopic (exact) mass is 324 g/mol. The van der Waals surface area contributed by atoms with E-state index < -0.39 is 0 Å². The molecule has 0 saturated heterocycles. The molecule has 0 fully saturated rings. The summed E-state index contributed by atoms with van der Waals surface area (Å²) in [5.41, 5.74) is 1.95. The van der Waals surface area contributed by atoms with E-state index in [0.717, 1.165) is 22.6 Å². The molecule has 2 aromatic rings. The largest absolute Gasteiger partial charge is 0.491 e. The van der Waals surface area contributed by atoms with E-state index in [1.165, 1.54) is 0 Å². The third-order valence-electron chi connectivity index (χ3n) is 2.98. The summed E-state index contributed by atoms with van der Waals surface area (Å²) >= 11 is 0. The fourth-order valence-corrected chi connectivity index (χ4v) is 2.01. The van der Waals surface area contributed by atoms with Crippen LogP contribution in [0.2, 0.25) is 0 Å². The van der Waals surface area contributed by atoms with Crippen molar-refractivity contribution in [2.24, 2.45) is 10.2 Å². The van der Waals surface area contributed by atoms with Crippen LogP contribution in [0.1, 0.15) is 38.8 Å². The van der Waals surface area contributed by atoms with Gasteiger partial charge in [-0.2, -0.15) is 10.2 Å². The highest BCUT2D eigenvalue weighted by atomic mass is 16.5. The van der Waals surface area contributed by atoms with Gasteiger partial charge in [-0.15, -0.1) is 0 Å². The lowest BCUT2D eigenvalue weighted by atomic mass is 10.2. The number of nitrogens with zero attached hydrogens (tertiary/aromatic N) is 2. The molecule has 0 saturated carbocycles. The highest BCUT2D eigenvalue weighted by Crippen LogP contribution is 2.14. The molecule has 0 heterocycles. The summed E-state index contributed by atoms with van der Waals surface area (Å²) in [7, 11) is 0. The first-order valence-corrected chi connectivity index (χ1v) is 8.13. The van der Waals surface area contributed by atoms with Crippen LogP contribution in [-0.2, 0) is 0 Å². The summed E-state index contributed by atoms with van der Waals surface area (Å²) in [6.07, 6.45) is 3.77. The van der Waals surface area contributed by atoms with Gasteiger partial charge in [-0.05, 0) is 87.4 Å². The van der Waals surface area contributed by atoms with Crippen LogP contribution in [0, 0.1) is 0 Å². The lowest BCUT2D eigenvalue weighted by molar-refractivity contribution is 0.242. The van der Waals surface area contributed by atoms with Gasteiger partial charge in [-0.3, -0.25) is 0 Å². The number of benzene rings is 2. The van der Waals surface area contributed by atoms with Crippen LogP contribution in [0.15, 0.2) is 58.7 Å². The molecule has 2 aromatic carbocycles. The maximum Gasteiger partial charge on any atom is 0.119 e. The van der Waals surface area contributed by atoms with Gasteiger partial charge in [0.05, 0.1) is 24.6 Å². The number of hydrogen-bond acceptors (Lipinski definition) is 4. The molecule has 126 valence electrons. The van der Waals surface area contributed by atoms with Gasteiger partial charge in [0.1, 0.15) is 11.5 Å². The fraction of sp³-hybridized carbons (Fsp3) is 0.300. The first kappa shape index (κ1) is 17.7. The van der Waals surface area contributed by atoms with E-state index in [0.29, 0.717) is 0 Å². The van der Waals surface area contributed by atoms with Crippen LogP contribution in [0.4, 0.5) is 0 Å². The molecule has 0 N–H and O–H groups in total. The Balaban J connectivity index is 1.89. The van der Waals surface area contributed by atoms with Gasteiger partial charge < -0.3 is 9.47 Å². The van der Waals surface area contributed by atoms with Gasteiger partial charge in [0.15, 0.2) is 0 Å². The molecule has 0 aliphatic rings. The van der Waals surface area contributed by atoms with Crippen molar-refractivity contribution in [3.8, 4) is 11.5 Å². The standard InChI is InChI=1S/C20H24N2O2/c1-15(2)23-19-9-5-17(6-10-19)13-21-22-14-18-7-11-20(12-8-18)24-16(3)4/h5-16H,1-4H3/b21-13-,22-14-. The quantitative estimate of drug-likeness (QED) is 0.546. The van der Waals surface area contributed by atoms with Crippen LogP contribution in [0.25, 0.3) is 0 Å². The van der Waals surface area contributed by atoms with Crippen molar-refractivity contribution < 1.29 is 9.47 Å². The molecule has 0 bridgehead atoms. The average molecular weight is 324 g/mol. The number of ether oxygens (including phenoxy) is 2. The predicted molar refractivity (Wildman–Crippen MR) is 99.6 cm³/mol. The molecule has 2 rings (SSSR count). The van der Waals surface area contributed by atoms with Gasteiger partial charge in [-0.25, -0.2) is 0 Å².